The Morgan fingerprint density at radius 2 is 1.31 bits per heavy atom. The summed E-state index contributed by atoms with van der Waals surface area (Å²) in [5.74, 6) is 0.189. The van der Waals surface area contributed by atoms with Gasteiger partial charge < -0.3 is 29.8 Å². The first-order valence-electron chi connectivity index (χ1n) is 10.3. The zero-order valence-corrected chi connectivity index (χ0v) is 19.8. The van der Waals surface area contributed by atoms with Crippen molar-refractivity contribution in [3.63, 3.8) is 0 Å². The van der Waals surface area contributed by atoms with Gasteiger partial charge in [0, 0.05) is 0 Å². The minimum absolute atomic E-state index is 0.00999. The molecule has 8 nitrogen and oxygen atoms in total. The second kappa shape index (κ2) is 10.8. The molecule has 0 aliphatic carbocycles. The minimum Gasteiger partial charge on any atom is -0.508 e. The monoisotopic (exact) mass is 484 g/mol. The van der Waals surface area contributed by atoms with Gasteiger partial charge in [-0.1, -0.05) is 32.0 Å². The summed E-state index contributed by atoms with van der Waals surface area (Å²) in [7, 11) is -9.93. The van der Waals surface area contributed by atoms with Crippen LogP contribution in [0.15, 0.2) is 42.5 Å². The third-order valence-corrected chi connectivity index (χ3v) is 9.27. The lowest BCUT2D eigenvalue weighted by molar-refractivity contribution is 0.334. The number of aryl methyl sites for hydroxylation is 1. The fourth-order valence-corrected chi connectivity index (χ4v) is 6.43. The van der Waals surface area contributed by atoms with Gasteiger partial charge in [-0.05, 0) is 84.2 Å². The van der Waals surface area contributed by atoms with E-state index in [1.165, 1.54) is 0 Å². The molecular formula is C22H30O8P2. The number of rotatable bonds is 10. The molecule has 2 aromatic carbocycles. The van der Waals surface area contributed by atoms with Gasteiger partial charge in [0.25, 0.3) is 0 Å². The Bertz CT molecular complexity index is 1030. The highest BCUT2D eigenvalue weighted by Gasteiger charge is 2.42. The number of phenols is 2. The topological polar surface area (TPSA) is 156 Å². The Morgan fingerprint density at radius 1 is 0.812 bits per heavy atom. The molecule has 176 valence electrons. The van der Waals surface area contributed by atoms with Crippen LogP contribution in [0.3, 0.4) is 0 Å². The van der Waals surface area contributed by atoms with Crippen LogP contribution in [-0.2, 0) is 15.6 Å². The van der Waals surface area contributed by atoms with Gasteiger partial charge in [-0.25, -0.2) is 0 Å². The third kappa shape index (κ3) is 6.79. The van der Waals surface area contributed by atoms with Crippen molar-refractivity contribution < 1.29 is 38.9 Å². The molecule has 6 N–H and O–H groups in total. The summed E-state index contributed by atoms with van der Waals surface area (Å²) in [5.41, 5.74) is 4.54. The fourth-order valence-electron chi connectivity index (χ4n) is 3.83. The van der Waals surface area contributed by atoms with Gasteiger partial charge in [0.2, 0.25) is 0 Å². The van der Waals surface area contributed by atoms with Crippen molar-refractivity contribution in [1.82, 2.24) is 0 Å². The molecule has 2 aromatic rings. The molecule has 10 heteroatoms. The van der Waals surface area contributed by atoms with Crippen molar-refractivity contribution in [2.45, 2.75) is 51.4 Å². The Morgan fingerprint density at radius 3 is 1.81 bits per heavy atom. The Hall–Kier alpha value is -1.92. The molecule has 0 unspecified atom stereocenters. The number of hydrogen-bond acceptors (Lipinski definition) is 4. The van der Waals surface area contributed by atoms with Crippen LogP contribution >= 0.6 is 15.2 Å². The zero-order valence-electron chi connectivity index (χ0n) is 18.0. The maximum absolute atomic E-state index is 11.5. The second-order valence-corrected chi connectivity index (χ2v) is 11.6. The van der Waals surface area contributed by atoms with Crippen molar-refractivity contribution in [3.05, 3.63) is 59.2 Å². The Labute approximate surface area is 187 Å². The van der Waals surface area contributed by atoms with E-state index in [1.807, 2.05) is 26.0 Å². The standard InChI is InChI=1S/C22H30O8P2/c1-3-19(15-8-11-18(23)12-9-15)20(4-2)16-10-13-21(24)17(14-16)6-5-7-22(31(25,26)27)32(28,29)30/h8-14,22-24H,3-7H2,1-2H3,(H2,25,26,27)(H2,28,29,30)/b20-19+. The quantitative estimate of drug-likeness (QED) is 0.207. The number of benzene rings is 2. The molecule has 0 bridgehead atoms. The highest BCUT2D eigenvalue weighted by atomic mass is 31.2. The molecule has 0 spiro atoms. The van der Waals surface area contributed by atoms with E-state index in [2.05, 4.69) is 0 Å². The smallest absolute Gasteiger partial charge is 0.340 e. The van der Waals surface area contributed by atoms with Gasteiger partial charge in [0.1, 0.15) is 11.5 Å². The van der Waals surface area contributed by atoms with Crippen LogP contribution in [0.5, 0.6) is 11.5 Å². The lowest BCUT2D eigenvalue weighted by Crippen LogP contribution is -2.09. The first kappa shape index (κ1) is 26.3. The van der Waals surface area contributed by atoms with E-state index >= 15 is 0 Å². The summed E-state index contributed by atoms with van der Waals surface area (Å²) in [6.07, 6.45) is 1.38. The van der Waals surface area contributed by atoms with E-state index in [9.17, 15) is 38.9 Å². The van der Waals surface area contributed by atoms with Gasteiger partial charge in [0.05, 0.1) is 0 Å². The van der Waals surface area contributed by atoms with Gasteiger partial charge in [-0.15, -0.1) is 0 Å². The predicted octanol–water partition coefficient (Wildman–Crippen LogP) is 4.83. The summed E-state index contributed by atoms with van der Waals surface area (Å²) in [4.78, 5) is 37.1. The molecule has 0 saturated heterocycles. The van der Waals surface area contributed by atoms with E-state index in [-0.39, 0.29) is 30.8 Å². The fraction of sp³-hybridized carbons (Fsp3) is 0.364. The molecule has 0 fully saturated rings. The average molecular weight is 484 g/mol. The van der Waals surface area contributed by atoms with Crippen molar-refractivity contribution >= 4 is 26.3 Å². The van der Waals surface area contributed by atoms with Crippen LogP contribution < -0.4 is 0 Å². The Balaban J connectivity index is 2.33. The lowest BCUT2D eigenvalue weighted by Gasteiger charge is -2.19. The van der Waals surface area contributed by atoms with E-state index < -0.39 is 20.6 Å². The number of aromatic hydroxyl groups is 2. The maximum atomic E-state index is 11.5. The van der Waals surface area contributed by atoms with Crippen molar-refractivity contribution in [2.75, 3.05) is 0 Å². The van der Waals surface area contributed by atoms with Crippen molar-refractivity contribution in [3.8, 4) is 11.5 Å². The molecule has 0 saturated carbocycles. The van der Waals surface area contributed by atoms with Crippen molar-refractivity contribution in [1.29, 1.82) is 0 Å². The van der Waals surface area contributed by atoms with E-state index in [0.717, 1.165) is 28.7 Å². The summed E-state index contributed by atoms with van der Waals surface area (Å²) in [5, 5.41) is 17.8. The minimum atomic E-state index is -4.97. The molecule has 32 heavy (non-hydrogen) atoms. The molecule has 2 rings (SSSR count). The van der Waals surface area contributed by atoms with Crippen LogP contribution in [-0.4, -0.2) is 35.2 Å². The van der Waals surface area contributed by atoms with Crippen molar-refractivity contribution in [2.24, 2.45) is 0 Å². The van der Waals surface area contributed by atoms with E-state index in [4.69, 9.17) is 0 Å². The summed E-state index contributed by atoms with van der Waals surface area (Å²) >= 11 is 0. The van der Waals surface area contributed by atoms with Crippen LogP contribution in [0.25, 0.3) is 11.1 Å². The molecular weight excluding hydrogens is 454 g/mol. The number of hydrogen-bond donors (Lipinski definition) is 6. The summed E-state index contributed by atoms with van der Waals surface area (Å²) in [6, 6.07) is 12.1. The van der Waals surface area contributed by atoms with E-state index in [0.29, 0.717) is 12.0 Å². The van der Waals surface area contributed by atoms with Crippen LogP contribution in [0, 0.1) is 0 Å². The lowest BCUT2D eigenvalue weighted by atomic mass is 9.90. The normalized spacial score (nSPS) is 13.3. The molecule has 0 aliphatic rings. The number of allylic oxidation sites excluding steroid dienone is 2. The van der Waals surface area contributed by atoms with Gasteiger partial charge in [-0.2, -0.15) is 0 Å². The second-order valence-electron chi connectivity index (χ2n) is 7.61. The first-order valence-corrected chi connectivity index (χ1v) is 13.7. The molecule has 0 heterocycles. The average Bonchev–Trinajstić information content (AvgIpc) is 2.69. The highest BCUT2D eigenvalue weighted by molar-refractivity contribution is 7.70. The van der Waals surface area contributed by atoms with Crippen LogP contribution in [0.1, 0.15) is 56.2 Å². The summed E-state index contributed by atoms with van der Waals surface area (Å²) < 4.78 is 22.9. The maximum Gasteiger partial charge on any atom is 0.340 e. The highest BCUT2D eigenvalue weighted by Crippen LogP contribution is 2.61. The van der Waals surface area contributed by atoms with Gasteiger partial charge in [0.15, 0.2) is 5.40 Å². The largest absolute Gasteiger partial charge is 0.508 e. The first-order chi connectivity index (χ1) is 14.9. The molecule has 0 aromatic heterocycles. The third-order valence-electron chi connectivity index (χ3n) is 5.40. The SMILES string of the molecule is CC/C(=C(/CC)c1ccc(O)c(CCCC(P(=O)(O)O)P(=O)(O)O)c1)c1ccc(O)cc1. The number of phenolic OH excluding ortho intramolecular Hbond substituents is 2. The summed E-state index contributed by atoms with van der Waals surface area (Å²) in [6.45, 7) is 4.05. The van der Waals surface area contributed by atoms with E-state index in [1.54, 1.807) is 30.3 Å². The predicted molar refractivity (Wildman–Crippen MR) is 124 cm³/mol. The molecule has 0 radical (unpaired) electrons. The van der Waals surface area contributed by atoms with Crippen LogP contribution in [0.4, 0.5) is 0 Å². The molecule has 0 aliphatic heterocycles. The van der Waals surface area contributed by atoms with Gasteiger partial charge >= 0.3 is 15.2 Å². The molecule has 0 amide bonds. The van der Waals surface area contributed by atoms with Crippen LogP contribution in [0.2, 0.25) is 0 Å². The zero-order chi connectivity index (χ0) is 24.1. The molecule has 0 atom stereocenters. The van der Waals surface area contributed by atoms with Gasteiger partial charge in [-0.3, -0.25) is 9.13 Å². The Kier molecular flexibility index (Phi) is 8.89.